The van der Waals surface area contributed by atoms with Crippen LogP contribution in [-0.2, 0) is 4.79 Å². The third-order valence-electron chi connectivity index (χ3n) is 5.59. The Labute approximate surface area is 183 Å². The maximum Gasteiger partial charge on any atom is 0.227 e. The van der Waals surface area contributed by atoms with Gasteiger partial charge in [-0.15, -0.1) is 0 Å². The molecular weight excluding hydrogens is 425 g/mol. The van der Waals surface area contributed by atoms with E-state index in [1.807, 2.05) is 21.7 Å². The lowest BCUT2D eigenvalue weighted by atomic mass is 10.2. The smallest absolute Gasteiger partial charge is 0.227 e. The maximum atomic E-state index is 11.6. The van der Waals surface area contributed by atoms with Crippen LogP contribution in [0.15, 0.2) is 24.5 Å². The van der Waals surface area contributed by atoms with Crippen molar-refractivity contribution in [2.45, 2.75) is 25.8 Å². The van der Waals surface area contributed by atoms with Crippen molar-refractivity contribution >= 4 is 57.3 Å². The lowest BCUT2D eigenvalue weighted by Crippen LogP contribution is -2.48. The quantitative estimate of drug-likeness (QED) is 0.656. The molecule has 0 unspecified atom stereocenters. The molecule has 2 aromatic heterocycles. The summed E-state index contributed by atoms with van der Waals surface area (Å²) < 4.78 is 1.84. The van der Waals surface area contributed by atoms with Gasteiger partial charge in [-0.05, 0) is 25.0 Å². The Bertz CT molecular complexity index is 1120. The number of amides is 1. The second kappa shape index (κ2) is 7.59. The number of aromatic nitrogens is 4. The summed E-state index contributed by atoms with van der Waals surface area (Å²) in [6.07, 6.45) is 5.66. The van der Waals surface area contributed by atoms with Crippen LogP contribution >= 0.6 is 23.2 Å². The molecule has 1 aliphatic heterocycles. The zero-order valence-corrected chi connectivity index (χ0v) is 18.0. The van der Waals surface area contributed by atoms with Crippen molar-refractivity contribution < 1.29 is 4.79 Å². The molecule has 1 N–H and O–H groups in total. The van der Waals surface area contributed by atoms with Gasteiger partial charge in [0, 0.05) is 44.7 Å². The summed E-state index contributed by atoms with van der Waals surface area (Å²) in [6, 6.07) is 4.26. The fraction of sp³-hybridized carbons (Fsp3) is 0.400. The minimum Gasteiger partial charge on any atom is -0.367 e. The highest BCUT2D eigenvalue weighted by Gasteiger charge is 2.27. The lowest BCUT2D eigenvalue weighted by Gasteiger charge is -2.36. The molecule has 0 spiro atoms. The molecule has 1 saturated carbocycles. The SMILES string of the molecule is CC(=O)N1CCN(c2cc3nc(Nc4cnn(C5CC5)c4Cl)ncc3cc2Cl)CC1. The molecule has 156 valence electrons. The van der Waals surface area contributed by atoms with E-state index in [0.29, 0.717) is 40.9 Å². The fourth-order valence-corrected chi connectivity index (χ4v) is 4.30. The number of carbonyl (C=O) groups is 1. The molecule has 1 aliphatic carbocycles. The van der Waals surface area contributed by atoms with Gasteiger partial charge < -0.3 is 15.1 Å². The summed E-state index contributed by atoms with van der Waals surface area (Å²) >= 11 is 13.0. The fourth-order valence-electron chi connectivity index (χ4n) is 3.73. The van der Waals surface area contributed by atoms with E-state index >= 15 is 0 Å². The number of carbonyl (C=O) groups excluding carboxylic acids is 1. The van der Waals surface area contributed by atoms with Crippen LogP contribution in [0.2, 0.25) is 10.2 Å². The molecule has 3 aromatic rings. The van der Waals surface area contributed by atoms with Gasteiger partial charge in [0.25, 0.3) is 0 Å². The number of nitrogens with zero attached hydrogens (tertiary/aromatic N) is 6. The van der Waals surface area contributed by atoms with Gasteiger partial charge in [-0.25, -0.2) is 14.6 Å². The van der Waals surface area contributed by atoms with E-state index in [9.17, 15) is 4.79 Å². The van der Waals surface area contributed by atoms with Crippen LogP contribution in [0.25, 0.3) is 10.9 Å². The number of piperazine rings is 1. The van der Waals surface area contributed by atoms with Crippen LogP contribution < -0.4 is 10.2 Å². The van der Waals surface area contributed by atoms with E-state index in [1.165, 1.54) is 0 Å². The van der Waals surface area contributed by atoms with Crippen molar-refractivity contribution in [3.05, 3.63) is 34.7 Å². The van der Waals surface area contributed by atoms with E-state index in [4.69, 9.17) is 23.2 Å². The van der Waals surface area contributed by atoms with Gasteiger partial charge >= 0.3 is 0 Å². The van der Waals surface area contributed by atoms with Crippen molar-refractivity contribution in [2.24, 2.45) is 0 Å². The average Bonchev–Trinajstić information content (AvgIpc) is 3.52. The summed E-state index contributed by atoms with van der Waals surface area (Å²) in [5.74, 6) is 0.556. The predicted molar refractivity (Wildman–Crippen MR) is 118 cm³/mol. The number of benzene rings is 1. The molecule has 0 radical (unpaired) electrons. The predicted octanol–water partition coefficient (Wildman–Crippen LogP) is 3.88. The summed E-state index contributed by atoms with van der Waals surface area (Å²) in [5, 5.41) is 9.61. The Morgan fingerprint density at radius 2 is 1.90 bits per heavy atom. The molecule has 5 rings (SSSR count). The lowest BCUT2D eigenvalue weighted by molar-refractivity contribution is -0.129. The Morgan fingerprint density at radius 3 is 2.60 bits per heavy atom. The first kappa shape index (κ1) is 19.4. The standard InChI is InChI=1S/C20H21Cl2N7O/c1-12(30)27-4-6-28(7-5-27)18-9-16-13(8-15(18)21)10-23-20(25-16)26-17-11-24-29(19(17)22)14-2-3-14/h8-11,14H,2-7H2,1H3,(H,23,25,26). The third kappa shape index (κ3) is 3.65. The Hall–Kier alpha value is -2.58. The first-order chi connectivity index (χ1) is 14.5. The molecule has 1 aromatic carbocycles. The van der Waals surface area contributed by atoms with Crippen molar-refractivity contribution in [3.63, 3.8) is 0 Å². The monoisotopic (exact) mass is 445 g/mol. The molecule has 1 saturated heterocycles. The van der Waals surface area contributed by atoms with E-state index in [2.05, 4.69) is 25.3 Å². The summed E-state index contributed by atoms with van der Waals surface area (Å²) in [7, 11) is 0. The van der Waals surface area contributed by atoms with Gasteiger partial charge in [0.05, 0.1) is 34.2 Å². The molecule has 8 nitrogen and oxygen atoms in total. The van der Waals surface area contributed by atoms with Crippen LogP contribution in [-0.4, -0.2) is 56.7 Å². The summed E-state index contributed by atoms with van der Waals surface area (Å²) in [4.78, 5) is 24.7. The molecule has 1 amide bonds. The van der Waals surface area contributed by atoms with Gasteiger partial charge in [0.1, 0.15) is 0 Å². The molecule has 3 heterocycles. The van der Waals surface area contributed by atoms with E-state index in [-0.39, 0.29) is 5.91 Å². The Balaban J connectivity index is 1.40. The molecule has 0 atom stereocenters. The summed E-state index contributed by atoms with van der Waals surface area (Å²) in [6.45, 7) is 4.44. The van der Waals surface area contributed by atoms with Crippen LogP contribution in [0.4, 0.5) is 17.3 Å². The van der Waals surface area contributed by atoms with Crippen molar-refractivity contribution in [1.82, 2.24) is 24.6 Å². The highest BCUT2D eigenvalue weighted by Crippen LogP contribution is 2.39. The minimum atomic E-state index is 0.103. The van der Waals surface area contributed by atoms with Gasteiger partial charge in [-0.1, -0.05) is 23.2 Å². The number of halogens is 2. The molecule has 10 heteroatoms. The zero-order valence-electron chi connectivity index (χ0n) is 16.5. The van der Waals surface area contributed by atoms with Crippen molar-refractivity contribution in [1.29, 1.82) is 0 Å². The zero-order chi connectivity index (χ0) is 20.8. The van der Waals surface area contributed by atoms with Crippen LogP contribution in [0.1, 0.15) is 25.8 Å². The second-order valence-corrected chi connectivity index (χ2v) is 8.46. The number of fused-ring (bicyclic) bond motifs is 1. The van der Waals surface area contributed by atoms with E-state index < -0.39 is 0 Å². The maximum absolute atomic E-state index is 11.6. The van der Waals surface area contributed by atoms with Crippen LogP contribution in [0.3, 0.4) is 0 Å². The molecule has 30 heavy (non-hydrogen) atoms. The van der Waals surface area contributed by atoms with Crippen molar-refractivity contribution in [2.75, 3.05) is 36.4 Å². The Morgan fingerprint density at radius 1 is 1.13 bits per heavy atom. The number of hydrogen-bond donors (Lipinski definition) is 1. The minimum absolute atomic E-state index is 0.103. The molecule has 2 aliphatic rings. The number of anilines is 3. The normalized spacial score (nSPS) is 16.9. The van der Waals surface area contributed by atoms with Crippen molar-refractivity contribution in [3.8, 4) is 0 Å². The number of rotatable bonds is 4. The number of nitrogens with one attached hydrogen (secondary N) is 1. The highest BCUT2D eigenvalue weighted by atomic mass is 35.5. The molecule has 0 bridgehead atoms. The number of hydrogen-bond acceptors (Lipinski definition) is 6. The first-order valence-electron chi connectivity index (χ1n) is 9.96. The Kier molecular flexibility index (Phi) is 4.91. The first-order valence-corrected chi connectivity index (χ1v) is 10.7. The second-order valence-electron chi connectivity index (χ2n) is 7.70. The third-order valence-corrected chi connectivity index (χ3v) is 6.27. The summed E-state index contributed by atoms with van der Waals surface area (Å²) in [5.41, 5.74) is 2.39. The van der Waals surface area contributed by atoms with Crippen LogP contribution in [0.5, 0.6) is 0 Å². The largest absolute Gasteiger partial charge is 0.367 e. The topological polar surface area (TPSA) is 79.2 Å². The van der Waals surface area contributed by atoms with E-state index in [0.717, 1.165) is 42.5 Å². The molecule has 2 fully saturated rings. The van der Waals surface area contributed by atoms with Crippen LogP contribution in [0, 0.1) is 0 Å². The van der Waals surface area contributed by atoms with E-state index in [1.54, 1.807) is 19.3 Å². The average molecular weight is 446 g/mol. The van der Waals surface area contributed by atoms with Gasteiger partial charge in [-0.3, -0.25) is 4.79 Å². The van der Waals surface area contributed by atoms with Gasteiger partial charge in [0.15, 0.2) is 5.15 Å². The molecular formula is C20H21Cl2N7O. The van der Waals surface area contributed by atoms with Gasteiger partial charge in [0.2, 0.25) is 11.9 Å². The van der Waals surface area contributed by atoms with Gasteiger partial charge in [-0.2, -0.15) is 5.10 Å². The highest BCUT2D eigenvalue weighted by molar-refractivity contribution is 6.34.